The fraction of sp³-hybridized carbons (Fsp3) is 0.550. The molecule has 1 aliphatic rings. The number of ether oxygens (including phenoxy) is 1. The van der Waals surface area contributed by atoms with Gasteiger partial charge in [0.2, 0.25) is 0 Å². The number of methoxy groups -OCH3 is 1. The van der Waals surface area contributed by atoms with Crippen molar-refractivity contribution in [1.82, 2.24) is 0 Å². The van der Waals surface area contributed by atoms with Crippen LogP contribution in [0.3, 0.4) is 0 Å². The lowest BCUT2D eigenvalue weighted by atomic mass is 9.76. The van der Waals surface area contributed by atoms with E-state index in [1.54, 1.807) is 6.92 Å². The average molecular weight is 372 g/mol. The Morgan fingerprint density at radius 3 is 2.27 bits per heavy atom. The molecule has 0 radical (unpaired) electrons. The topological polar surface area (TPSA) is 26.3 Å². The summed E-state index contributed by atoms with van der Waals surface area (Å²) in [6.45, 7) is 3.67. The van der Waals surface area contributed by atoms with Gasteiger partial charge in [-0.3, -0.25) is 4.79 Å². The van der Waals surface area contributed by atoms with Crippen molar-refractivity contribution in [2.45, 2.75) is 58.3 Å². The number of unbranched alkanes of at least 4 members (excludes halogenated alkanes) is 2. The lowest BCUT2D eigenvalue weighted by Gasteiger charge is -2.29. The summed E-state index contributed by atoms with van der Waals surface area (Å²) < 4.78 is 63.1. The van der Waals surface area contributed by atoms with Gasteiger partial charge < -0.3 is 4.74 Å². The summed E-state index contributed by atoms with van der Waals surface area (Å²) in [6, 6.07) is 0. The third-order valence-electron chi connectivity index (χ3n) is 5.00. The predicted octanol–water partition coefficient (Wildman–Crippen LogP) is 5.59. The molecule has 26 heavy (non-hydrogen) atoms. The molecule has 0 saturated heterocycles. The van der Waals surface area contributed by atoms with E-state index >= 15 is 0 Å². The Balaban J connectivity index is 2.54. The van der Waals surface area contributed by atoms with Crippen LogP contribution in [0, 0.1) is 29.2 Å². The van der Waals surface area contributed by atoms with Crippen LogP contribution in [-0.2, 0) is 16.0 Å². The van der Waals surface area contributed by atoms with Crippen LogP contribution in [0.2, 0.25) is 0 Å². The first-order chi connectivity index (χ1) is 12.3. The maximum absolute atomic E-state index is 14.7. The molecular formula is C20H24F4O2. The molecule has 0 spiro atoms. The minimum Gasteiger partial charge on any atom is -0.469 e. The van der Waals surface area contributed by atoms with Crippen molar-refractivity contribution in [2.24, 2.45) is 5.92 Å². The van der Waals surface area contributed by atoms with Gasteiger partial charge in [-0.25, -0.2) is 17.6 Å². The standard InChI is InChI=1S/C20H24F4O2/c1-4-5-6-7-13-16(21)18(23)15(19(24)17(13)22)14-10-11(2)8-9-12(14)20(25)26-3/h10,12,14H,4-9H2,1-3H3. The maximum atomic E-state index is 14.7. The van der Waals surface area contributed by atoms with E-state index in [0.717, 1.165) is 12.0 Å². The minimum atomic E-state index is -1.42. The number of halogens is 4. The highest BCUT2D eigenvalue weighted by atomic mass is 19.2. The van der Waals surface area contributed by atoms with Crippen LogP contribution in [0.5, 0.6) is 0 Å². The van der Waals surface area contributed by atoms with Crippen LogP contribution in [0.1, 0.15) is 63.0 Å². The van der Waals surface area contributed by atoms with E-state index in [-0.39, 0.29) is 6.42 Å². The van der Waals surface area contributed by atoms with Crippen molar-refractivity contribution in [2.75, 3.05) is 7.11 Å². The second kappa shape index (κ2) is 8.69. The first-order valence-electron chi connectivity index (χ1n) is 8.93. The Morgan fingerprint density at radius 1 is 1.12 bits per heavy atom. The van der Waals surface area contributed by atoms with Crippen molar-refractivity contribution in [3.05, 3.63) is 46.0 Å². The van der Waals surface area contributed by atoms with E-state index in [1.807, 2.05) is 6.92 Å². The van der Waals surface area contributed by atoms with E-state index in [2.05, 4.69) is 0 Å². The highest BCUT2D eigenvalue weighted by Gasteiger charge is 2.38. The fourth-order valence-electron chi connectivity index (χ4n) is 3.53. The first-order valence-corrected chi connectivity index (χ1v) is 8.93. The first kappa shape index (κ1) is 20.5. The lowest BCUT2D eigenvalue weighted by molar-refractivity contribution is -0.146. The lowest BCUT2D eigenvalue weighted by Crippen LogP contribution is -2.27. The van der Waals surface area contributed by atoms with Crippen LogP contribution < -0.4 is 0 Å². The summed E-state index contributed by atoms with van der Waals surface area (Å²) in [5.41, 5.74) is -0.487. The number of hydrogen-bond acceptors (Lipinski definition) is 2. The van der Waals surface area contributed by atoms with E-state index in [1.165, 1.54) is 13.2 Å². The summed E-state index contributed by atoms with van der Waals surface area (Å²) >= 11 is 0. The molecule has 1 aromatic rings. The molecule has 6 heteroatoms. The molecule has 0 heterocycles. The summed E-state index contributed by atoms with van der Waals surface area (Å²) in [4.78, 5) is 12.0. The van der Waals surface area contributed by atoms with E-state index in [9.17, 15) is 22.4 Å². The van der Waals surface area contributed by atoms with Gasteiger partial charge in [-0.2, -0.15) is 0 Å². The average Bonchev–Trinajstić information content (AvgIpc) is 2.62. The fourth-order valence-corrected chi connectivity index (χ4v) is 3.53. The molecule has 1 aromatic carbocycles. The van der Waals surface area contributed by atoms with Crippen molar-refractivity contribution in [1.29, 1.82) is 0 Å². The monoisotopic (exact) mass is 372 g/mol. The van der Waals surface area contributed by atoms with Gasteiger partial charge >= 0.3 is 5.97 Å². The van der Waals surface area contributed by atoms with E-state index in [0.29, 0.717) is 25.7 Å². The number of rotatable bonds is 6. The molecule has 144 valence electrons. The molecule has 2 rings (SSSR count). The van der Waals surface area contributed by atoms with Crippen LogP contribution in [-0.4, -0.2) is 13.1 Å². The van der Waals surface area contributed by atoms with Gasteiger partial charge in [-0.1, -0.05) is 31.4 Å². The highest BCUT2D eigenvalue weighted by molar-refractivity contribution is 5.74. The SMILES string of the molecule is CCCCCc1c(F)c(F)c(C2C=C(C)CCC2C(=O)OC)c(F)c1F. The second-order valence-corrected chi connectivity index (χ2v) is 6.81. The zero-order chi connectivity index (χ0) is 19.4. The van der Waals surface area contributed by atoms with Crippen LogP contribution in [0.4, 0.5) is 17.6 Å². The number of benzene rings is 1. The van der Waals surface area contributed by atoms with Gasteiger partial charge in [-0.05, 0) is 32.6 Å². The number of allylic oxidation sites excluding steroid dienone is 2. The summed E-state index contributed by atoms with van der Waals surface area (Å²) in [5, 5.41) is 0. The summed E-state index contributed by atoms with van der Waals surface area (Å²) in [6.07, 6.45) is 4.26. The summed E-state index contributed by atoms with van der Waals surface area (Å²) in [7, 11) is 1.18. The number of hydrogen-bond donors (Lipinski definition) is 0. The smallest absolute Gasteiger partial charge is 0.309 e. The van der Waals surface area contributed by atoms with Gasteiger partial charge in [0.25, 0.3) is 0 Å². The number of esters is 1. The Morgan fingerprint density at radius 2 is 1.73 bits per heavy atom. The zero-order valence-corrected chi connectivity index (χ0v) is 15.3. The number of carbonyl (C=O) groups excluding carboxylic acids is 1. The van der Waals surface area contributed by atoms with Crippen molar-refractivity contribution >= 4 is 5.97 Å². The molecule has 0 N–H and O–H groups in total. The third-order valence-corrected chi connectivity index (χ3v) is 5.00. The molecule has 2 atom stereocenters. The Hall–Kier alpha value is -1.85. The Kier molecular flexibility index (Phi) is 6.84. The van der Waals surface area contributed by atoms with Crippen molar-refractivity contribution in [3.8, 4) is 0 Å². The molecule has 0 aromatic heterocycles. The van der Waals surface area contributed by atoms with Gasteiger partial charge in [0, 0.05) is 17.0 Å². The molecule has 2 unspecified atom stereocenters. The number of carbonyl (C=O) groups is 1. The Labute approximate surface area is 151 Å². The largest absolute Gasteiger partial charge is 0.469 e. The van der Waals surface area contributed by atoms with Gasteiger partial charge in [-0.15, -0.1) is 0 Å². The second-order valence-electron chi connectivity index (χ2n) is 6.81. The molecule has 0 fully saturated rings. The van der Waals surface area contributed by atoms with Gasteiger partial charge in [0.15, 0.2) is 23.3 Å². The predicted molar refractivity (Wildman–Crippen MR) is 90.7 cm³/mol. The van der Waals surface area contributed by atoms with Crippen molar-refractivity contribution in [3.63, 3.8) is 0 Å². The molecule has 1 aliphatic carbocycles. The van der Waals surface area contributed by atoms with Gasteiger partial charge in [0.05, 0.1) is 13.0 Å². The van der Waals surface area contributed by atoms with Crippen LogP contribution >= 0.6 is 0 Å². The third kappa shape index (κ3) is 3.94. The molecule has 0 bridgehead atoms. The van der Waals surface area contributed by atoms with E-state index < -0.39 is 52.2 Å². The quantitative estimate of drug-likeness (QED) is 0.214. The minimum absolute atomic E-state index is 0.0699. The van der Waals surface area contributed by atoms with Crippen molar-refractivity contribution < 1.29 is 27.1 Å². The highest BCUT2D eigenvalue weighted by Crippen LogP contribution is 2.41. The molecule has 0 saturated carbocycles. The summed E-state index contributed by atoms with van der Waals surface area (Å²) in [5.74, 6) is -8.18. The maximum Gasteiger partial charge on any atom is 0.309 e. The van der Waals surface area contributed by atoms with Gasteiger partial charge in [0.1, 0.15) is 0 Å². The molecule has 2 nitrogen and oxygen atoms in total. The van der Waals surface area contributed by atoms with E-state index in [4.69, 9.17) is 4.74 Å². The normalized spacial score (nSPS) is 20.0. The zero-order valence-electron chi connectivity index (χ0n) is 15.3. The Bertz CT molecular complexity index is 683. The molecule has 0 amide bonds. The van der Waals surface area contributed by atoms with Crippen LogP contribution in [0.15, 0.2) is 11.6 Å². The molecule has 0 aliphatic heterocycles. The molecular weight excluding hydrogens is 348 g/mol. The van der Waals surface area contributed by atoms with Crippen LogP contribution in [0.25, 0.3) is 0 Å².